The molecule has 1 amide bonds. The first kappa shape index (κ1) is 15.3. The summed E-state index contributed by atoms with van der Waals surface area (Å²) >= 11 is 3.42. The fourth-order valence-corrected chi connectivity index (χ4v) is 4.90. The number of amides is 1. The van der Waals surface area contributed by atoms with Gasteiger partial charge in [0, 0.05) is 48.9 Å². The highest BCUT2D eigenvalue weighted by molar-refractivity contribution is 8.01. The van der Waals surface area contributed by atoms with E-state index in [4.69, 9.17) is 0 Å². The zero-order valence-electron chi connectivity index (χ0n) is 12.3. The third kappa shape index (κ3) is 4.20. The predicted octanol–water partition coefficient (Wildman–Crippen LogP) is 2.76. The molecule has 2 aliphatic rings. The Morgan fingerprint density at radius 3 is 3.00 bits per heavy atom. The van der Waals surface area contributed by atoms with Gasteiger partial charge in [0.05, 0.1) is 0 Å². The molecule has 1 aliphatic heterocycles. The molecule has 2 fully saturated rings. The van der Waals surface area contributed by atoms with Crippen LogP contribution in [0.4, 0.5) is 0 Å². The van der Waals surface area contributed by atoms with Crippen LogP contribution < -0.4 is 5.32 Å². The van der Waals surface area contributed by atoms with E-state index < -0.39 is 0 Å². The lowest BCUT2D eigenvalue weighted by atomic mass is 10.2. The number of thioether (sulfide) groups is 1. The minimum absolute atomic E-state index is 0.327. The molecular formula is C15H23N3OS2. The number of carbonyl (C=O) groups is 1. The smallest absolute Gasteiger partial charge is 0.222 e. The zero-order chi connectivity index (χ0) is 14.5. The van der Waals surface area contributed by atoms with Crippen molar-refractivity contribution in [2.75, 3.05) is 18.8 Å². The molecule has 1 aromatic heterocycles. The summed E-state index contributed by atoms with van der Waals surface area (Å²) in [6.07, 6.45) is 8.90. The Kier molecular flexibility index (Phi) is 5.55. The van der Waals surface area contributed by atoms with Gasteiger partial charge in [0.15, 0.2) is 0 Å². The number of nitrogens with one attached hydrogen (secondary N) is 1. The first-order chi connectivity index (χ1) is 10.3. The number of carbonyl (C=O) groups excluding carboxylic acids is 1. The fraction of sp³-hybridized carbons (Fsp3) is 0.733. The lowest BCUT2D eigenvalue weighted by molar-refractivity contribution is -0.128. The second-order valence-electron chi connectivity index (χ2n) is 5.82. The minimum atomic E-state index is 0.327. The van der Waals surface area contributed by atoms with Gasteiger partial charge in [0.1, 0.15) is 4.34 Å². The van der Waals surface area contributed by atoms with Crippen molar-refractivity contribution in [1.82, 2.24) is 15.2 Å². The van der Waals surface area contributed by atoms with Gasteiger partial charge in [-0.25, -0.2) is 4.98 Å². The molecular weight excluding hydrogens is 302 g/mol. The van der Waals surface area contributed by atoms with Gasteiger partial charge in [0.25, 0.3) is 0 Å². The van der Waals surface area contributed by atoms with E-state index in [-0.39, 0.29) is 0 Å². The standard InChI is InChI=1S/C15H23N3OS2/c19-14-6-5-13(11-17-12-3-1-2-4-12)18(14)8-10-21-15-16-7-9-20-15/h7,9,12-13,17H,1-6,8,10-11H2/t13-/m1/s1. The first-order valence-electron chi connectivity index (χ1n) is 7.88. The Labute approximate surface area is 134 Å². The van der Waals surface area contributed by atoms with Gasteiger partial charge in [-0.05, 0) is 19.3 Å². The first-order valence-corrected chi connectivity index (χ1v) is 9.74. The zero-order valence-corrected chi connectivity index (χ0v) is 13.9. The van der Waals surface area contributed by atoms with Gasteiger partial charge in [0.2, 0.25) is 5.91 Å². The van der Waals surface area contributed by atoms with Crippen LogP contribution in [0.1, 0.15) is 38.5 Å². The summed E-state index contributed by atoms with van der Waals surface area (Å²) in [6.45, 7) is 1.82. The number of hydrogen-bond acceptors (Lipinski definition) is 5. The van der Waals surface area contributed by atoms with Gasteiger partial charge in [-0.2, -0.15) is 0 Å². The van der Waals surface area contributed by atoms with E-state index in [2.05, 4.69) is 15.2 Å². The molecule has 21 heavy (non-hydrogen) atoms. The maximum atomic E-state index is 12.0. The molecule has 1 atom stereocenters. The number of likely N-dealkylation sites (tertiary alicyclic amines) is 1. The summed E-state index contributed by atoms with van der Waals surface area (Å²) < 4.78 is 1.10. The molecule has 4 nitrogen and oxygen atoms in total. The molecule has 0 unspecified atom stereocenters. The van der Waals surface area contributed by atoms with Crippen LogP contribution in [0, 0.1) is 0 Å². The molecule has 116 valence electrons. The minimum Gasteiger partial charge on any atom is -0.338 e. The molecule has 1 saturated carbocycles. The van der Waals surface area contributed by atoms with Gasteiger partial charge < -0.3 is 10.2 Å². The number of nitrogens with zero attached hydrogens (tertiary/aromatic N) is 2. The van der Waals surface area contributed by atoms with E-state index in [1.807, 2.05) is 11.6 Å². The third-order valence-corrected chi connectivity index (χ3v) is 6.36. The molecule has 1 aromatic rings. The van der Waals surface area contributed by atoms with E-state index in [9.17, 15) is 4.79 Å². The van der Waals surface area contributed by atoms with Crippen LogP contribution in [0.5, 0.6) is 0 Å². The topological polar surface area (TPSA) is 45.2 Å². The molecule has 3 rings (SSSR count). The van der Waals surface area contributed by atoms with Crippen LogP contribution in [-0.2, 0) is 4.79 Å². The maximum Gasteiger partial charge on any atom is 0.222 e. The second-order valence-corrected chi connectivity index (χ2v) is 8.05. The second kappa shape index (κ2) is 7.61. The summed E-state index contributed by atoms with van der Waals surface area (Å²) in [5.74, 6) is 1.27. The average molecular weight is 326 g/mol. The van der Waals surface area contributed by atoms with Crippen LogP contribution in [0.3, 0.4) is 0 Å². The van der Waals surface area contributed by atoms with Crippen LogP contribution in [0.15, 0.2) is 15.9 Å². The Balaban J connectivity index is 1.43. The third-order valence-electron chi connectivity index (χ3n) is 4.42. The number of hydrogen-bond donors (Lipinski definition) is 1. The SMILES string of the molecule is O=C1CC[C@H](CNC2CCCC2)N1CCSc1nccs1. The molecule has 0 radical (unpaired) electrons. The lowest BCUT2D eigenvalue weighted by Crippen LogP contribution is -2.43. The normalized spacial score (nSPS) is 23.3. The van der Waals surface area contributed by atoms with E-state index in [1.54, 1.807) is 23.1 Å². The van der Waals surface area contributed by atoms with Gasteiger partial charge in [-0.3, -0.25) is 4.79 Å². The molecule has 0 spiro atoms. The lowest BCUT2D eigenvalue weighted by Gasteiger charge is -2.26. The molecule has 0 bridgehead atoms. The van der Waals surface area contributed by atoms with Crippen LogP contribution in [0.25, 0.3) is 0 Å². The molecule has 1 saturated heterocycles. The molecule has 1 N–H and O–H groups in total. The van der Waals surface area contributed by atoms with Gasteiger partial charge in [-0.1, -0.05) is 24.6 Å². The highest BCUT2D eigenvalue weighted by Gasteiger charge is 2.30. The van der Waals surface area contributed by atoms with Crippen molar-refractivity contribution in [1.29, 1.82) is 0 Å². The van der Waals surface area contributed by atoms with Gasteiger partial charge >= 0.3 is 0 Å². The number of aromatic nitrogens is 1. The Hall–Kier alpha value is -0.590. The van der Waals surface area contributed by atoms with Gasteiger partial charge in [-0.15, -0.1) is 11.3 Å². The van der Waals surface area contributed by atoms with E-state index in [1.165, 1.54) is 25.7 Å². The van der Waals surface area contributed by atoms with Crippen molar-refractivity contribution >= 4 is 29.0 Å². The predicted molar refractivity (Wildman–Crippen MR) is 87.8 cm³/mol. The highest BCUT2D eigenvalue weighted by Crippen LogP contribution is 2.24. The summed E-state index contributed by atoms with van der Waals surface area (Å²) in [4.78, 5) is 18.4. The van der Waals surface area contributed by atoms with E-state index in [0.717, 1.165) is 36.0 Å². The quantitative estimate of drug-likeness (QED) is 0.783. The summed E-state index contributed by atoms with van der Waals surface area (Å²) in [7, 11) is 0. The van der Waals surface area contributed by atoms with E-state index in [0.29, 0.717) is 18.0 Å². The molecule has 6 heteroatoms. The largest absolute Gasteiger partial charge is 0.338 e. The van der Waals surface area contributed by atoms with Crippen LogP contribution in [0.2, 0.25) is 0 Å². The number of thiazole rings is 1. The summed E-state index contributed by atoms with van der Waals surface area (Å²) in [5.41, 5.74) is 0. The Morgan fingerprint density at radius 2 is 2.24 bits per heavy atom. The summed E-state index contributed by atoms with van der Waals surface area (Å²) in [5, 5.41) is 5.66. The van der Waals surface area contributed by atoms with Crippen molar-refractivity contribution in [3.8, 4) is 0 Å². The van der Waals surface area contributed by atoms with Crippen molar-refractivity contribution in [3.05, 3.63) is 11.6 Å². The van der Waals surface area contributed by atoms with Crippen molar-refractivity contribution in [2.45, 2.75) is 54.9 Å². The molecule has 0 aromatic carbocycles. The monoisotopic (exact) mass is 325 g/mol. The Morgan fingerprint density at radius 1 is 1.38 bits per heavy atom. The Bertz CT molecular complexity index is 446. The fourth-order valence-electron chi connectivity index (χ4n) is 3.26. The van der Waals surface area contributed by atoms with Crippen molar-refractivity contribution in [2.24, 2.45) is 0 Å². The number of rotatable bonds is 7. The molecule has 2 heterocycles. The highest BCUT2D eigenvalue weighted by atomic mass is 32.2. The van der Waals surface area contributed by atoms with Crippen LogP contribution in [-0.4, -0.2) is 46.7 Å². The summed E-state index contributed by atoms with van der Waals surface area (Å²) in [6, 6.07) is 1.09. The molecule has 1 aliphatic carbocycles. The van der Waals surface area contributed by atoms with Crippen LogP contribution >= 0.6 is 23.1 Å². The van der Waals surface area contributed by atoms with Crippen molar-refractivity contribution < 1.29 is 4.79 Å². The van der Waals surface area contributed by atoms with E-state index >= 15 is 0 Å². The average Bonchev–Trinajstić information content (AvgIpc) is 3.21. The maximum absolute atomic E-state index is 12.0. The van der Waals surface area contributed by atoms with Crippen molar-refractivity contribution in [3.63, 3.8) is 0 Å².